The van der Waals surface area contributed by atoms with E-state index in [9.17, 15) is 5.11 Å². The van der Waals surface area contributed by atoms with Gasteiger partial charge in [0.05, 0.1) is 32.2 Å². The lowest BCUT2D eigenvalue weighted by Crippen LogP contribution is -2.04. The van der Waals surface area contributed by atoms with Gasteiger partial charge in [0.1, 0.15) is 6.10 Å². The van der Waals surface area contributed by atoms with Gasteiger partial charge in [-0.05, 0) is 15.9 Å². The minimum atomic E-state index is -1.13. The quantitative estimate of drug-likeness (QED) is 0.407. The van der Waals surface area contributed by atoms with Crippen LogP contribution in [0.3, 0.4) is 0 Å². The number of pyridine rings is 1. The molecule has 0 aliphatic carbocycles. The normalized spacial score (nSPS) is 12.2. The van der Waals surface area contributed by atoms with Crippen LogP contribution in [0.1, 0.15) is 11.9 Å². The number of hydrogen-bond donors (Lipinski definition) is 4. The van der Waals surface area contributed by atoms with Gasteiger partial charge in [-0.15, -0.1) is 0 Å². The Hall–Kier alpha value is -2.12. The highest BCUT2D eigenvalue weighted by Gasteiger charge is 2.15. The standard InChI is InChI=1S/C14H15BrN6O4S/c15-8-3-11(25-9-5-17-21(6-9)1-2-22)13(16-4-8)19-14-18-12(20-26-14)10(24)7-23/h3-6,10,22-24H,1-2,7H2,(H,16,18,19,20)/t10-/m1/s1. The average Bonchev–Trinajstić information content (AvgIpc) is 3.27. The van der Waals surface area contributed by atoms with Gasteiger partial charge in [-0.3, -0.25) is 4.68 Å². The molecule has 0 unspecified atom stereocenters. The van der Waals surface area contributed by atoms with Crippen molar-refractivity contribution >= 4 is 38.4 Å². The average molecular weight is 443 g/mol. The molecule has 0 fully saturated rings. The monoisotopic (exact) mass is 442 g/mol. The Balaban J connectivity index is 1.80. The highest BCUT2D eigenvalue weighted by Crippen LogP contribution is 2.32. The largest absolute Gasteiger partial charge is 0.450 e. The molecule has 10 nitrogen and oxygen atoms in total. The fourth-order valence-corrected chi connectivity index (χ4v) is 2.87. The molecule has 0 saturated heterocycles. The fourth-order valence-electron chi connectivity index (χ4n) is 1.95. The van der Waals surface area contributed by atoms with Crippen molar-refractivity contribution in [1.29, 1.82) is 0 Å². The van der Waals surface area contributed by atoms with Crippen molar-refractivity contribution in [2.75, 3.05) is 18.5 Å². The number of nitrogens with zero attached hydrogens (tertiary/aromatic N) is 5. The minimum Gasteiger partial charge on any atom is -0.450 e. The molecule has 0 aromatic carbocycles. The van der Waals surface area contributed by atoms with Crippen molar-refractivity contribution in [3.05, 3.63) is 35.0 Å². The second-order valence-electron chi connectivity index (χ2n) is 5.05. The molecule has 3 heterocycles. The Morgan fingerprint density at radius 2 is 2.19 bits per heavy atom. The van der Waals surface area contributed by atoms with Crippen LogP contribution in [0.2, 0.25) is 0 Å². The Morgan fingerprint density at radius 1 is 1.35 bits per heavy atom. The van der Waals surface area contributed by atoms with E-state index in [4.69, 9.17) is 14.9 Å². The first-order valence-corrected chi connectivity index (χ1v) is 9.02. The number of halogens is 1. The van der Waals surface area contributed by atoms with Gasteiger partial charge in [0.15, 0.2) is 23.1 Å². The van der Waals surface area contributed by atoms with Crippen LogP contribution < -0.4 is 10.1 Å². The van der Waals surface area contributed by atoms with E-state index in [-0.39, 0.29) is 12.4 Å². The number of aliphatic hydroxyl groups is 3. The lowest BCUT2D eigenvalue weighted by atomic mass is 10.4. The molecular formula is C14H15BrN6O4S. The molecule has 0 spiro atoms. The molecule has 4 N–H and O–H groups in total. The number of rotatable bonds is 8. The van der Waals surface area contributed by atoms with Gasteiger partial charge in [-0.1, -0.05) is 0 Å². The van der Waals surface area contributed by atoms with Crippen molar-refractivity contribution in [1.82, 2.24) is 24.1 Å². The topological polar surface area (TPSA) is 138 Å². The first kappa shape index (κ1) is 18.7. The fraction of sp³-hybridized carbons (Fsp3) is 0.286. The summed E-state index contributed by atoms with van der Waals surface area (Å²) in [7, 11) is 0. The highest BCUT2D eigenvalue weighted by molar-refractivity contribution is 9.10. The summed E-state index contributed by atoms with van der Waals surface area (Å²) in [5.41, 5.74) is 0. The summed E-state index contributed by atoms with van der Waals surface area (Å²) in [4.78, 5) is 8.37. The summed E-state index contributed by atoms with van der Waals surface area (Å²) in [5.74, 6) is 1.42. The molecule has 0 aliphatic rings. The van der Waals surface area contributed by atoms with Crippen LogP contribution >= 0.6 is 27.5 Å². The van der Waals surface area contributed by atoms with Crippen LogP contribution in [0.15, 0.2) is 29.1 Å². The van der Waals surface area contributed by atoms with E-state index in [1.54, 1.807) is 23.1 Å². The van der Waals surface area contributed by atoms with Gasteiger partial charge in [0.25, 0.3) is 0 Å². The molecule has 0 amide bonds. The molecule has 0 saturated carbocycles. The van der Waals surface area contributed by atoms with Gasteiger partial charge in [-0.25, -0.2) is 9.97 Å². The van der Waals surface area contributed by atoms with E-state index in [2.05, 4.69) is 40.7 Å². The van der Waals surface area contributed by atoms with E-state index in [0.29, 0.717) is 29.0 Å². The van der Waals surface area contributed by atoms with Gasteiger partial charge in [-0.2, -0.15) is 9.47 Å². The summed E-state index contributed by atoms with van der Waals surface area (Å²) in [6.45, 7) is -0.115. The first-order valence-electron chi connectivity index (χ1n) is 7.45. The van der Waals surface area contributed by atoms with Gasteiger partial charge in [0.2, 0.25) is 5.13 Å². The maximum absolute atomic E-state index is 9.57. The summed E-state index contributed by atoms with van der Waals surface area (Å²) in [5, 5.41) is 34.9. The van der Waals surface area contributed by atoms with E-state index >= 15 is 0 Å². The predicted molar refractivity (Wildman–Crippen MR) is 96.6 cm³/mol. The van der Waals surface area contributed by atoms with E-state index in [0.717, 1.165) is 16.0 Å². The smallest absolute Gasteiger partial charge is 0.208 e. The molecule has 12 heteroatoms. The Kier molecular flexibility index (Phi) is 6.11. The van der Waals surface area contributed by atoms with Gasteiger partial charge in [0, 0.05) is 28.3 Å². The van der Waals surface area contributed by atoms with Crippen molar-refractivity contribution in [3.63, 3.8) is 0 Å². The Labute approximate surface area is 160 Å². The molecule has 0 radical (unpaired) electrons. The summed E-state index contributed by atoms with van der Waals surface area (Å²) >= 11 is 4.37. The Bertz CT molecular complexity index is 873. The zero-order valence-corrected chi connectivity index (χ0v) is 15.7. The van der Waals surface area contributed by atoms with Crippen molar-refractivity contribution in [2.24, 2.45) is 0 Å². The third-order valence-electron chi connectivity index (χ3n) is 3.12. The Morgan fingerprint density at radius 3 is 2.96 bits per heavy atom. The second-order valence-corrected chi connectivity index (χ2v) is 6.71. The summed E-state index contributed by atoms with van der Waals surface area (Å²) in [6, 6.07) is 1.73. The molecule has 1 atom stereocenters. The van der Waals surface area contributed by atoms with E-state index in [1.807, 2.05) is 0 Å². The second kappa shape index (κ2) is 8.51. The lowest BCUT2D eigenvalue weighted by Gasteiger charge is -2.09. The molecule has 0 bridgehead atoms. The number of anilines is 2. The van der Waals surface area contributed by atoms with E-state index in [1.165, 1.54) is 6.20 Å². The van der Waals surface area contributed by atoms with Crippen LogP contribution in [0.25, 0.3) is 0 Å². The van der Waals surface area contributed by atoms with E-state index < -0.39 is 12.7 Å². The third-order valence-corrected chi connectivity index (χ3v) is 4.20. The number of hydrogen-bond acceptors (Lipinski definition) is 10. The van der Waals surface area contributed by atoms with Crippen molar-refractivity contribution in [2.45, 2.75) is 12.6 Å². The number of aromatic nitrogens is 5. The van der Waals surface area contributed by atoms with Crippen LogP contribution in [-0.2, 0) is 6.54 Å². The minimum absolute atomic E-state index is 0.0224. The predicted octanol–water partition coefficient (Wildman–Crippen LogP) is 1.45. The maximum Gasteiger partial charge on any atom is 0.208 e. The number of ether oxygens (including phenoxy) is 1. The van der Waals surface area contributed by atoms with Crippen LogP contribution in [0, 0.1) is 0 Å². The third kappa shape index (κ3) is 4.53. The number of nitrogens with one attached hydrogen (secondary N) is 1. The maximum atomic E-state index is 9.57. The summed E-state index contributed by atoms with van der Waals surface area (Å²) in [6.07, 6.45) is 3.64. The molecule has 3 aromatic rings. The van der Waals surface area contributed by atoms with Gasteiger partial charge < -0.3 is 25.4 Å². The molecule has 3 rings (SSSR count). The molecule has 138 valence electrons. The van der Waals surface area contributed by atoms with Crippen molar-refractivity contribution in [3.8, 4) is 11.5 Å². The molecular weight excluding hydrogens is 428 g/mol. The summed E-state index contributed by atoms with van der Waals surface area (Å²) < 4.78 is 12.1. The SMILES string of the molecule is OCCn1cc(Oc2cc(Br)cnc2Nc2nc([C@H](O)CO)ns2)cn1. The van der Waals surface area contributed by atoms with Crippen molar-refractivity contribution < 1.29 is 20.1 Å². The van der Waals surface area contributed by atoms with Crippen LogP contribution in [0.5, 0.6) is 11.5 Å². The molecule has 3 aromatic heterocycles. The lowest BCUT2D eigenvalue weighted by molar-refractivity contribution is 0.0897. The first-order chi connectivity index (χ1) is 12.6. The molecule has 0 aliphatic heterocycles. The van der Waals surface area contributed by atoms with Crippen LogP contribution in [0.4, 0.5) is 10.9 Å². The zero-order valence-electron chi connectivity index (χ0n) is 13.3. The number of aliphatic hydroxyl groups excluding tert-OH is 3. The zero-order chi connectivity index (χ0) is 18.5. The van der Waals surface area contributed by atoms with Gasteiger partial charge >= 0.3 is 0 Å². The molecule has 26 heavy (non-hydrogen) atoms. The van der Waals surface area contributed by atoms with Crippen LogP contribution in [-0.4, -0.2) is 52.7 Å². The highest BCUT2D eigenvalue weighted by atomic mass is 79.9.